The van der Waals surface area contributed by atoms with Gasteiger partial charge in [0.2, 0.25) is 0 Å². The summed E-state index contributed by atoms with van der Waals surface area (Å²) >= 11 is 0. The van der Waals surface area contributed by atoms with Crippen LogP contribution in [-0.2, 0) is 11.3 Å². The Morgan fingerprint density at radius 2 is 2.05 bits per heavy atom. The van der Waals surface area contributed by atoms with Gasteiger partial charge in [-0.05, 0) is 36.8 Å². The van der Waals surface area contributed by atoms with E-state index in [1.54, 1.807) is 6.07 Å². The Bertz CT molecular complexity index is 574. The molecule has 0 aliphatic heterocycles. The minimum Gasteiger partial charge on any atom is -0.494 e. The Balaban J connectivity index is 1.87. The average Bonchev–Trinajstić information content (AvgIpc) is 3.00. The van der Waals surface area contributed by atoms with Crippen molar-refractivity contribution in [3.8, 4) is 5.75 Å². The van der Waals surface area contributed by atoms with Crippen molar-refractivity contribution < 1.29 is 18.7 Å². The number of carbonyl (C=O) groups is 1. The van der Waals surface area contributed by atoms with Crippen LogP contribution in [0.4, 0.5) is 5.69 Å². The van der Waals surface area contributed by atoms with Gasteiger partial charge in [0.25, 0.3) is 0 Å². The number of benzene rings is 1. The predicted octanol–water partition coefficient (Wildman–Crippen LogP) is 3.47. The number of furan rings is 1. The molecule has 21 heavy (non-hydrogen) atoms. The van der Waals surface area contributed by atoms with Crippen LogP contribution in [0.3, 0.4) is 0 Å². The highest BCUT2D eigenvalue weighted by molar-refractivity contribution is 5.88. The van der Waals surface area contributed by atoms with E-state index in [1.807, 2.05) is 24.3 Å². The van der Waals surface area contributed by atoms with Crippen LogP contribution in [0.2, 0.25) is 0 Å². The highest BCUT2D eigenvalue weighted by atomic mass is 16.5. The van der Waals surface area contributed by atoms with Crippen LogP contribution in [0, 0.1) is 0 Å². The van der Waals surface area contributed by atoms with E-state index in [4.69, 9.17) is 9.15 Å². The summed E-state index contributed by atoms with van der Waals surface area (Å²) in [7, 11) is 1.34. The van der Waals surface area contributed by atoms with Crippen LogP contribution in [0.15, 0.2) is 41.0 Å². The molecule has 0 aliphatic rings. The topological polar surface area (TPSA) is 60.7 Å². The lowest BCUT2D eigenvalue weighted by molar-refractivity contribution is 0.0600. The maximum absolute atomic E-state index is 11.3. The van der Waals surface area contributed by atoms with Crippen LogP contribution in [-0.4, -0.2) is 19.7 Å². The van der Waals surface area contributed by atoms with E-state index in [0.29, 0.717) is 17.9 Å². The fourth-order valence-electron chi connectivity index (χ4n) is 1.78. The van der Waals surface area contributed by atoms with Crippen LogP contribution in [0.5, 0.6) is 5.75 Å². The number of carbonyl (C=O) groups excluding carboxylic acids is 1. The molecule has 0 aliphatic carbocycles. The third-order valence-corrected chi connectivity index (χ3v) is 2.87. The first-order valence-corrected chi connectivity index (χ1v) is 6.85. The highest BCUT2D eigenvalue weighted by Gasteiger charge is 2.09. The lowest BCUT2D eigenvalue weighted by atomic mass is 10.3. The monoisotopic (exact) mass is 289 g/mol. The number of ether oxygens (including phenoxy) is 2. The first-order valence-electron chi connectivity index (χ1n) is 6.85. The Morgan fingerprint density at radius 1 is 1.29 bits per heavy atom. The molecule has 0 spiro atoms. The molecule has 0 saturated carbocycles. The molecule has 0 radical (unpaired) electrons. The Kier molecular flexibility index (Phi) is 5.26. The van der Waals surface area contributed by atoms with Crippen molar-refractivity contribution in [3.05, 3.63) is 47.9 Å². The predicted molar refractivity (Wildman–Crippen MR) is 79.6 cm³/mol. The van der Waals surface area contributed by atoms with Crippen LogP contribution < -0.4 is 10.1 Å². The third-order valence-electron chi connectivity index (χ3n) is 2.87. The number of rotatable bonds is 7. The number of hydrogen-bond acceptors (Lipinski definition) is 5. The summed E-state index contributed by atoms with van der Waals surface area (Å²) < 4.78 is 15.4. The van der Waals surface area contributed by atoms with Gasteiger partial charge in [-0.1, -0.05) is 6.92 Å². The molecule has 1 aromatic carbocycles. The molecule has 0 amide bonds. The fourth-order valence-corrected chi connectivity index (χ4v) is 1.78. The molecule has 0 unspecified atom stereocenters. The molecule has 0 atom stereocenters. The molecule has 2 aromatic rings. The summed E-state index contributed by atoms with van der Waals surface area (Å²) in [4.78, 5) is 11.3. The van der Waals surface area contributed by atoms with E-state index >= 15 is 0 Å². The molecule has 1 heterocycles. The van der Waals surface area contributed by atoms with Gasteiger partial charge in [0.15, 0.2) is 0 Å². The van der Waals surface area contributed by atoms with E-state index in [2.05, 4.69) is 17.0 Å². The summed E-state index contributed by atoms with van der Waals surface area (Å²) in [5.74, 6) is 1.12. The number of hydrogen-bond donors (Lipinski definition) is 1. The second-order valence-corrected chi connectivity index (χ2v) is 4.52. The molecule has 0 fully saturated rings. The van der Waals surface area contributed by atoms with Crippen molar-refractivity contribution in [2.24, 2.45) is 0 Å². The SMILES string of the molecule is CCCOc1ccc(NCc2cc(C(=O)OC)co2)cc1. The van der Waals surface area contributed by atoms with Gasteiger partial charge in [-0.2, -0.15) is 0 Å². The lowest BCUT2D eigenvalue weighted by Gasteiger charge is -2.07. The first kappa shape index (κ1) is 15.0. The Hall–Kier alpha value is -2.43. The molecule has 5 heteroatoms. The van der Waals surface area contributed by atoms with Gasteiger partial charge < -0.3 is 19.2 Å². The van der Waals surface area contributed by atoms with Crippen molar-refractivity contribution in [1.29, 1.82) is 0 Å². The zero-order valence-electron chi connectivity index (χ0n) is 12.2. The quantitative estimate of drug-likeness (QED) is 0.791. The summed E-state index contributed by atoms with van der Waals surface area (Å²) in [6.07, 6.45) is 2.38. The summed E-state index contributed by atoms with van der Waals surface area (Å²) in [6.45, 7) is 3.28. The zero-order valence-corrected chi connectivity index (χ0v) is 12.2. The van der Waals surface area contributed by atoms with E-state index in [1.165, 1.54) is 13.4 Å². The van der Waals surface area contributed by atoms with Gasteiger partial charge in [0.05, 0.1) is 25.8 Å². The molecule has 5 nitrogen and oxygen atoms in total. The normalized spacial score (nSPS) is 10.2. The zero-order chi connectivity index (χ0) is 15.1. The maximum atomic E-state index is 11.3. The van der Waals surface area contributed by atoms with Crippen molar-refractivity contribution >= 4 is 11.7 Å². The second kappa shape index (κ2) is 7.38. The van der Waals surface area contributed by atoms with Crippen molar-refractivity contribution in [3.63, 3.8) is 0 Å². The summed E-state index contributed by atoms with van der Waals surface area (Å²) in [5.41, 5.74) is 1.37. The Labute approximate surface area is 123 Å². The molecule has 1 aromatic heterocycles. The van der Waals surface area contributed by atoms with E-state index in [-0.39, 0.29) is 0 Å². The van der Waals surface area contributed by atoms with Gasteiger partial charge in [-0.15, -0.1) is 0 Å². The van der Waals surface area contributed by atoms with E-state index < -0.39 is 5.97 Å². The van der Waals surface area contributed by atoms with Crippen LogP contribution in [0.25, 0.3) is 0 Å². The van der Waals surface area contributed by atoms with Gasteiger partial charge in [0.1, 0.15) is 17.8 Å². The second-order valence-electron chi connectivity index (χ2n) is 4.52. The van der Waals surface area contributed by atoms with Gasteiger partial charge in [0, 0.05) is 5.69 Å². The number of anilines is 1. The minimum atomic E-state index is -0.401. The van der Waals surface area contributed by atoms with E-state index in [0.717, 1.165) is 24.5 Å². The molecule has 112 valence electrons. The molecular weight excluding hydrogens is 270 g/mol. The highest BCUT2D eigenvalue weighted by Crippen LogP contribution is 2.17. The van der Waals surface area contributed by atoms with E-state index in [9.17, 15) is 4.79 Å². The molecule has 2 rings (SSSR count). The lowest BCUT2D eigenvalue weighted by Crippen LogP contribution is -2.00. The van der Waals surface area contributed by atoms with Crippen molar-refractivity contribution in [2.75, 3.05) is 19.0 Å². The van der Waals surface area contributed by atoms with Crippen molar-refractivity contribution in [2.45, 2.75) is 19.9 Å². The maximum Gasteiger partial charge on any atom is 0.341 e. The fraction of sp³-hybridized carbons (Fsp3) is 0.312. The van der Waals surface area contributed by atoms with Crippen molar-refractivity contribution in [1.82, 2.24) is 0 Å². The van der Waals surface area contributed by atoms with Crippen LogP contribution in [0.1, 0.15) is 29.5 Å². The summed E-state index contributed by atoms with van der Waals surface area (Å²) in [6, 6.07) is 9.38. The van der Waals surface area contributed by atoms with Gasteiger partial charge in [-0.3, -0.25) is 0 Å². The smallest absolute Gasteiger partial charge is 0.341 e. The standard InChI is InChI=1S/C16H19NO4/c1-3-8-20-14-6-4-13(5-7-14)17-10-15-9-12(11-21-15)16(18)19-2/h4-7,9,11,17H,3,8,10H2,1-2H3. The molecular formula is C16H19NO4. The first-order chi connectivity index (χ1) is 10.2. The average molecular weight is 289 g/mol. The van der Waals surface area contributed by atoms with Crippen LogP contribution >= 0.6 is 0 Å². The van der Waals surface area contributed by atoms with Gasteiger partial charge >= 0.3 is 5.97 Å². The molecule has 0 saturated heterocycles. The number of nitrogens with one attached hydrogen (secondary N) is 1. The largest absolute Gasteiger partial charge is 0.494 e. The number of methoxy groups -OCH3 is 1. The third kappa shape index (κ3) is 4.27. The van der Waals surface area contributed by atoms with Gasteiger partial charge in [-0.25, -0.2) is 4.79 Å². The Morgan fingerprint density at radius 3 is 2.71 bits per heavy atom. The molecule has 1 N–H and O–H groups in total. The number of esters is 1. The minimum absolute atomic E-state index is 0.401. The molecule has 0 bridgehead atoms. The summed E-state index contributed by atoms with van der Waals surface area (Å²) in [5, 5.41) is 3.21.